The summed E-state index contributed by atoms with van der Waals surface area (Å²) in [6.45, 7) is 9.70. The van der Waals surface area contributed by atoms with Gasteiger partial charge in [-0.15, -0.1) is 0 Å². The van der Waals surface area contributed by atoms with Crippen molar-refractivity contribution in [3.63, 3.8) is 0 Å². The van der Waals surface area contributed by atoms with Crippen LogP contribution in [0.15, 0.2) is 12.4 Å². The highest BCUT2D eigenvalue weighted by atomic mass is 15.2. The van der Waals surface area contributed by atoms with Gasteiger partial charge in [0.25, 0.3) is 0 Å². The largest absolute Gasteiger partial charge is 0.368 e. The number of hydrogen-bond donors (Lipinski definition) is 1. The molecule has 0 atom stereocenters. The molecule has 1 heterocycles. The van der Waals surface area contributed by atoms with Gasteiger partial charge in [0.2, 0.25) is 0 Å². The smallest absolute Gasteiger partial charge is 0.133 e. The van der Waals surface area contributed by atoms with E-state index in [1.165, 1.54) is 6.42 Å². The van der Waals surface area contributed by atoms with Gasteiger partial charge >= 0.3 is 0 Å². The lowest BCUT2D eigenvalue weighted by atomic mass is 10.1. The number of hydrogen-bond acceptors (Lipinski definition) is 4. The van der Waals surface area contributed by atoms with E-state index < -0.39 is 0 Å². The van der Waals surface area contributed by atoms with Crippen molar-refractivity contribution >= 4 is 11.6 Å². The minimum atomic E-state index is 0.388. The number of nitrogens with one attached hydrogen (secondary N) is 1. The van der Waals surface area contributed by atoms with Crippen LogP contribution >= 0.6 is 0 Å². The van der Waals surface area contributed by atoms with Crippen LogP contribution in [0.1, 0.15) is 34.1 Å². The third-order valence-corrected chi connectivity index (χ3v) is 2.52. The highest BCUT2D eigenvalue weighted by Gasteiger charge is 2.05. The van der Waals surface area contributed by atoms with Crippen LogP contribution < -0.4 is 10.2 Å². The molecule has 17 heavy (non-hydrogen) atoms. The van der Waals surface area contributed by atoms with Gasteiger partial charge in [0.05, 0.1) is 0 Å². The molecule has 0 aliphatic carbocycles. The van der Waals surface area contributed by atoms with E-state index in [-0.39, 0.29) is 0 Å². The monoisotopic (exact) mass is 236 g/mol. The fraction of sp³-hybridized carbons (Fsp3) is 0.692. The fourth-order valence-electron chi connectivity index (χ4n) is 1.50. The first-order valence-electron chi connectivity index (χ1n) is 6.28. The van der Waals surface area contributed by atoms with Gasteiger partial charge in [0, 0.05) is 25.7 Å². The second-order valence-electron chi connectivity index (χ2n) is 5.16. The highest BCUT2D eigenvalue weighted by Crippen LogP contribution is 2.14. The van der Waals surface area contributed by atoms with Crippen molar-refractivity contribution in [2.75, 3.05) is 23.8 Å². The summed E-state index contributed by atoms with van der Waals surface area (Å²) in [6, 6.07) is 2.39. The van der Waals surface area contributed by atoms with Crippen molar-refractivity contribution in [2.45, 2.75) is 40.2 Å². The molecule has 1 rings (SSSR count). The predicted octanol–water partition coefficient (Wildman–Crippen LogP) is 2.78. The predicted molar refractivity (Wildman–Crippen MR) is 73.5 cm³/mol. The average molecular weight is 236 g/mol. The summed E-state index contributed by atoms with van der Waals surface area (Å²) >= 11 is 0. The quantitative estimate of drug-likeness (QED) is 0.824. The van der Waals surface area contributed by atoms with Crippen LogP contribution in [0.4, 0.5) is 11.6 Å². The molecule has 1 aromatic rings. The molecule has 4 nitrogen and oxygen atoms in total. The third-order valence-electron chi connectivity index (χ3n) is 2.52. The van der Waals surface area contributed by atoms with Crippen LogP contribution in [0, 0.1) is 5.92 Å². The van der Waals surface area contributed by atoms with Crippen LogP contribution in [0.2, 0.25) is 0 Å². The number of aromatic nitrogens is 2. The summed E-state index contributed by atoms with van der Waals surface area (Å²) in [5, 5.41) is 3.29. The molecule has 0 saturated heterocycles. The molecule has 0 amide bonds. The summed E-state index contributed by atoms with van der Waals surface area (Å²) in [4.78, 5) is 10.7. The van der Waals surface area contributed by atoms with Gasteiger partial charge in [-0.05, 0) is 26.2 Å². The van der Waals surface area contributed by atoms with Crippen molar-refractivity contribution in [3.8, 4) is 0 Å². The molecular weight excluding hydrogens is 212 g/mol. The molecule has 96 valence electrons. The lowest BCUT2D eigenvalue weighted by molar-refractivity contribution is 0.583. The van der Waals surface area contributed by atoms with Crippen LogP contribution in [0.25, 0.3) is 0 Å². The Bertz CT molecular complexity index is 336. The Morgan fingerprint density at radius 1 is 1.24 bits per heavy atom. The SMILES string of the molecule is CC(C)CCN(C)c1cc(NC(C)C)ncn1. The zero-order chi connectivity index (χ0) is 12.8. The molecular formula is C13H24N4. The lowest BCUT2D eigenvalue weighted by Gasteiger charge is -2.20. The maximum atomic E-state index is 4.30. The zero-order valence-electron chi connectivity index (χ0n) is 11.6. The van der Waals surface area contributed by atoms with Gasteiger partial charge in [-0.1, -0.05) is 13.8 Å². The Balaban J connectivity index is 2.63. The van der Waals surface area contributed by atoms with Gasteiger partial charge < -0.3 is 10.2 Å². The fourth-order valence-corrected chi connectivity index (χ4v) is 1.50. The zero-order valence-corrected chi connectivity index (χ0v) is 11.6. The van der Waals surface area contributed by atoms with E-state index in [2.05, 4.69) is 54.9 Å². The van der Waals surface area contributed by atoms with E-state index in [4.69, 9.17) is 0 Å². The molecule has 0 saturated carbocycles. The van der Waals surface area contributed by atoms with Crippen LogP contribution in [-0.4, -0.2) is 29.6 Å². The van der Waals surface area contributed by atoms with E-state index in [1.807, 2.05) is 6.07 Å². The molecule has 0 unspecified atom stereocenters. The van der Waals surface area contributed by atoms with Crippen molar-refractivity contribution in [1.82, 2.24) is 9.97 Å². The Kier molecular flexibility index (Phi) is 5.19. The number of anilines is 2. The standard InChI is InChI=1S/C13H24N4/c1-10(2)6-7-17(5)13-8-12(14-9-15-13)16-11(3)4/h8-11H,6-7H2,1-5H3,(H,14,15,16). The van der Waals surface area contributed by atoms with Gasteiger partial charge in [-0.25, -0.2) is 9.97 Å². The first-order chi connectivity index (χ1) is 7.99. The van der Waals surface area contributed by atoms with Crippen molar-refractivity contribution in [2.24, 2.45) is 5.92 Å². The van der Waals surface area contributed by atoms with E-state index in [0.717, 1.165) is 18.2 Å². The van der Waals surface area contributed by atoms with Crippen molar-refractivity contribution in [1.29, 1.82) is 0 Å². The van der Waals surface area contributed by atoms with Gasteiger partial charge in [-0.3, -0.25) is 0 Å². The minimum Gasteiger partial charge on any atom is -0.368 e. The van der Waals surface area contributed by atoms with E-state index in [1.54, 1.807) is 6.33 Å². The topological polar surface area (TPSA) is 41.0 Å². The normalized spacial score (nSPS) is 11.0. The Labute approximate surface area is 104 Å². The molecule has 0 aromatic carbocycles. The summed E-state index contributed by atoms with van der Waals surface area (Å²) in [5.74, 6) is 2.58. The minimum absolute atomic E-state index is 0.388. The second kappa shape index (κ2) is 6.42. The van der Waals surface area contributed by atoms with Crippen LogP contribution in [0.5, 0.6) is 0 Å². The van der Waals surface area contributed by atoms with Gasteiger partial charge in [0.15, 0.2) is 0 Å². The Hall–Kier alpha value is -1.32. The molecule has 1 aromatic heterocycles. The Morgan fingerprint density at radius 3 is 2.53 bits per heavy atom. The van der Waals surface area contributed by atoms with Crippen LogP contribution in [-0.2, 0) is 0 Å². The van der Waals surface area contributed by atoms with E-state index in [0.29, 0.717) is 12.0 Å². The number of nitrogens with zero attached hydrogens (tertiary/aromatic N) is 3. The lowest BCUT2D eigenvalue weighted by Crippen LogP contribution is -2.21. The molecule has 0 bridgehead atoms. The molecule has 4 heteroatoms. The van der Waals surface area contributed by atoms with Crippen LogP contribution in [0.3, 0.4) is 0 Å². The summed E-state index contributed by atoms with van der Waals surface area (Å²) < 4.78 is 0. The first-order valence-corrected chi connectivity index (χ1v) is 6.28. The molecule has 0 aliphatic heterocycles. The van der Waals surface area contributed by atoms with Crippen molar-refractivity contribution < 1.29 is 0 Å². The molecule has 0 fully saturated rings. The summed E-state index contributed by atoms with van der Waals surface area (Å²) in [7, 11) is 2.07. The summed E-state index contributed by atoms with van der Waals surface area (Å²) in [5.41, 5.74) is 0. The Morgan fingerprint density at radius 2 is 1.94 bits per heavy atom. The summed E-state index contributed by atoms with van der Waals surface area (Å²) in [6.07, 6.45) is 2.79. The molecule has 0 radical (unpaired) electrons. The maximum Gasteiger partial charge on any atom is 0.133 e. The highest BCUT2D eigenvalue weighted by molar-refractivity contribution is 5.48. The van der Waals surface area contributed by atoms with Crippen molar-refractivity contribution in [3.05, 3.63) is 12.4 Å². The van der Waals surface area contributed by atoms with Gasteiger partial charge in [0.1, 0.15) is 18.0 Å². The first kappa shape index (κ1) is 13.7. The third kappa shape index (κ3) is 5.02. The second-order valence-corrected chi connectivity index (χ2v) is 5.16. The van der Waals surface area contributed by atoms with Gasteiger partial charge in [-0.2, -0.15) is 0 Å². The molecule has 1 N–H and O–H groups in total. The number of rotatable bonds is 6. The molecule has 0 spiro atoms. The molecule has 0 aliphatic rings. The van der Waals surface area contributed by atoms with E-state index >= 15 is 0 Å². The average Bonchev–Trinajstić information content (AvgIpc) is 2.25. The maximum absolute atomic E-state index is 4.30. The van der Waals surface area contributed by atoms with E-state index in [9.17, 15) is 0 Å².